The lowest BCUT2D eigenvalue weighted by Crippen LogP contribution is -2.49. The van der Waals surface area contributed by atoms with Crippen molar-refractivity contribution in [3.63, 3.8) is 0 Å². The zero-order valence-electron chi connectivity index (χ0n) is 22.3. The fourth-order valence-corrected chi connectivity index (χ4v) is 4.64. The van der Waals surface area contributed by atoms with Crippen LogP contribution in [0.5, 0.6) is 5.75 Å². The van der Waals surface area contributed by atoms with Crippen LogP contribution < -0.4 is 21.5 Å². The van der Waals surface area contributed by atoms with Gasteiger partial charge in [0.05, 0.1) is 22.8 Å². The fourth-order valence-electron chi connectivity index (χ4n) is 4.52. The lowest BCUT2D eigenvalue weighted by molar-refractivity contribution is -0.132. The Morgan fingerprint density at radius 3 is 2.50 bits per heavy atom. The summed E-state index contributed by atoms with van der Waals surface area (Å²) in [4.78, 5) is 57.0. The number of nitrogens with one attached hydrogen (secondary N) is 3. The number of carbonyl (C=O) groups excluding carboxylic acids is 3. The molecule has 12 heteroatoms. The van der Waals surface area contributed by atoms with E-state index in [0.717, 1.165) is 6.54 Å². The van der Waals surface area contributed by atoms with Gasteiger partial charge in [-0.25, -0.2) is 4.98 Å². The summed E-state index contributed by atoms with van der Waals surface area (Å²) in [6, 6.07) is 17.3. The van der Waals surface area contributed by atoms with E-state index < -0.39 is 11.8 Å². The van der Waals surface area contributed by atoms with Gasteiger partial charge in [-0.05, 0) is 54.1 Å². The molecule has 0 aliphatic carbocycles. The highest BCUT2D eigenvalue weighted by molar-refractivity contribution is 6.30. The number of para-hydroxylation sites is 1. The lowest BCUT2D eigenvalue weighted by Gasteiger charge is -2.27. The second-order valence-electron chi connectivity index (χ2n) is 9.52. The van der Waals surface area contributed by atoms with Crippen LogP contribution in [0.3, 0.4) is 0 Å². The summed E-state index contributed by atoms with van der Waals surface area (Å²) >= 11 is 5.84. The van der Waals surface area contributed by atoms with E-state index in [-0.39, 0.29) is 39.8 Å². The molecule has 4 N–H and O–H groups in total. The van der Waals surface area contributed by atoms with E-state index >= 15 is 0 Å². The summed E-state index contributed by atoms with van der Waals surface area (Å²) in [5.74, 6) is -1.18. The van der Waals surface area contributed by atoms with Crippen molar-refractivity contribution >= 4 is 40.8 Å². The van der Waals surface area contributed by atoms with E-state index in [1.807, 2.05) is 0 Å². The molecule has 3 heterocycles. The van der Waals surface area contributed by atoms with Gasteiger partial charge in [-0.3, -0.25) is 19.2 Å². The van der Waals surface area contributed by atoms with Crippen molar-refractivity contribution in [1.29, 1.82) is 0 Å². The van der Waals surface area contributed by atoms with E-state index in [1.54, 1.807) is 58.1 Å². The topological polar surface area (TPSA) is 146 Å². The van der Waals surface area contributed by atoms with Gasteiger partial charge in [-0.15, -0.1) is 0 Å². The van der Waals surface area contributed by atoms with E-state index in [9.17, 15) is 24.3 Å². The molecule has 214 valence electrons. The minimum absolute atomic E-state index is 0.00875. The highest BCUT2D eigenvalue weighted by atomic mass is 35.5. The molecule has 11 nitrogen and oxygen atoms in total. The summed E-state index contributed by atoms with van der Waals surface area (Å²) in [6.45, 7) is 2.42. The molecule has 2 aromatic heterocycles. The van der Waals surface area contributed by atoms with Gasteiger partial charge in [0, 0.05) is 49.7 Å². The van der Waals surface area contributed by atoms with Gasteiger partial charge in [0.1, 0.15) is 11.6 Å². The minimum atomic E-state index is -0.590. The molecule has 1 saturated heterocycles. The maximum absolute atomic E-state index is 13.2. The molecule has 0 bridgehead atoms. The minimum Gasteiger partial charge on any atom is -0.506 e. The number of halogens is 1. The zero-order valence-corrected chi connectivity index (χ0v) is 23.1. The van der Waals surface area contributed by atoms with Crippen LogP contribution in [0.4, 0.5) is 11.5 Å². The standard InChI is InChI=1S/C30H27ClN6O5/c31-21-10-11-25(33-17-21)34-29(41)23-3-1-5-24(38)27(23)35-28(40)20-8-6-19(7-9-20)22-4-2-13-37(30(22)42)16-15-36-14-12-32-18-26(36)39/h1-11,13,17,32,38H,12,14-16,18H2,(H,35,40)(H,33,34,41). The maximum Gasteiger partial charge on any atom is 0.259 e. The number of piperazine rings is 1. The van der Waals surface area contributed by atoms with Crippen LogP contribution in [-0.2, 0) is 11.3 Å². The molecule has 5 rings (SSSR count). The molecule has 0 saturated carbocycles. The Kier molecular flexibility index (Phi) is 8.60. The van der Waals surface area contributed by atoms with E-state index in [2.05, 4.69) is 20.9 Å². The molecule has 1 aliphatic rings. The Labute approximate surface area is 245 Å². The molecule has 1 aliphatic heterocycles. The quantitative estimate of drug-likeness (QED) is 0.232. The largest absolute Gasteiger partial charge is 0.506 e. The Hall–Kier alpha value is -5.00. The Morgan fingerprint density at radius 1 is 0.952 bits per heavy atom. The fraction of sp³-hybridized carbons (Fsp3) is 0.167. The number of hydrogen-bond acceptors (Lipinski definition) is 7. The van der Waals surface area contributed by atoms with Gasteiger partial charge < -0.3 is 30.5 Å². The molecule has 42 heavy (non-hydrogen) atoms. The molecule has 3 amide bonds. The highest BCUT2D eigenvalue weighted by Gasteiger charge is 2.20. The first kappa shape index (κ1) is 28.5. The molecule has 0 spiro atoms. The van der Waals surface area contributed by atoms with Crippen LogP contribution in [0, 0.1) is 0 Å². The SMILES string of the molecule is O=C(Nc1c(O)cccc1C(=O)Nc1ccc(Cl)cn1)c1ccc(-c2cccn(CCN3CCNCC3=O)c2=O)cc1. The zero-order chi connectivity index (χ0) is 29.6. The number of carbonyl (C=O) groups is 3. The van der Waals surface area contributed by atoms with E-state index in [1.165, 1.54) is 30.5 Å². The van der Waals surface area contributed by atoms with Gasteiger partial charge in [0.25, 0.3) is 17.4 Å². The monoisotopic (exact) mass is 586 g/mol. The van der Waals surface area contributed by atoms with Crippen LogP contribution in [-0.4, -0.2) is 63.5 Å². The molecule has 0 unspecified atom stereocenters. The number of hydrogen-bond donors (Lipinski definition) is 4. The number of aromatic hydroxyl groups is 1. The summed E-state index contributed by atoms with van der Waals surface area (Å²) in [5, 5.41) is 19.1. The normalized spacial score (nSPS) is 13.1. The number of nitrogens with zero attached hydrogens (tertiary/aromatic N) is 3. The Bertz CT molecular complexity index is 1690. The molecule has 0 atom stereocenters. The Balaban J connectivity index is 1.29. The average molecular weight is 587 g/mol. The van der Waals surface area contributed by atoms with Crippen molar-refractivity contribution in [3.8, 4) is 16.9 Å². The Morgan fingerprint density at radius 2 is 1.76 bits per heavy atom. The number of phenols is 1. The van der Waals surface area contributed by atoms with Gasteiger partial charge >= 0.3 is 0 Å². The molecule has 4 aromatic rings. The van der Waals surface area contributed by atoms with Crippen molar-refractivity contribution in [2.24, 2.45) is 0 Å². The second-order valence-corrected chi connectivity index (χ2v) is 9.96. The van der Waals surface area contributed by atoms with E-state index in [4.69, 9.17) is 11.6 Å². The third kappa shape index (κ3) is 6.48. The van der Waals surface area contributed by atoms with Crippen LogP contribution in [0.25, 0.3) is 11.1 Å². The van der Waals surface area contributed by atoms with Gasteiger partial charge in [0.2, 0.25) is 5.91 Å². The number of phenolic OH excluding ortho intramolecular Hbond substituents is 1. The first-order chi connectivity index (χ1) is 20.3. The number of anilines is 2. The first-order valence-corrected chi connectivity index (χ1v) is 13.5. The summed E-state index contributed by atoms with van der Waals surface area (Å²) < 4.78 is 1.57. The summed E-state index contributed by atoms with van der Waals surface area (Å²) in [6.07, 6.45) is 3.07. The van der Waals surface area contributed by atoms with Crippen molar-refractivity contribution in [2.45, 2.75) is 6.54 Å². The maximum atomic E-state index is 13.2. The molecule has 2 aromatic carbocycles. The van der Waals surface area contributed by atoms with Crippen LogP contribution >= 0.6 is 11.6 Å². The van der Waals surface area contributed by atoms with Crippen LogP contribution in [0.1, 0.15) is 20.7 Å². The van der Waals surface area contributed by atoms with Crippen molar-refractivity contribution in [1.82, 2.24) is 19.8 Å². The van der Waals surface area contributed by atoms with Crippen molar-refractivity contribution in [2.75, 3.05) is 36.8 Å². The van der Waals surface area contributed by atoms with Crippen LogP contribution in [0.15, 0.2) is 83.9 Å². The third-order valence-electron chi connectivity index (χ3n) is 6.77. The average Bonchev–Trinajstić information content (AvgIpc) is 2.99. The molecular formula is C30H27ClN6O5. The van der Waals surface area contributed by atoms with Crippen LogP contribution in [0.2, 0.25) is 5.02 Å². The predicted molar refractivity (Wildman–Crippen MR) is 159 cm³/mol. The molecular weight excluding hydrogens is 560 g/mol. The second kappa shape index (κ2) is 12.7. The number of pyridine rings is 2. The predicted octanol–water partition coefficient (Wildman–Crippen LogP) is 3.21. The van der Waals surface area contributed by atoms with E-state index in [0.29, 0.717) is 42.3 Å². The number of benzene rings is 2. The number of amides is 3. The van der Waals surface area contributed by atoms with Crippen molar-refractivity contribution < 1.29 is 19.5 Å². The highest BCUT2D eigenvalue weighted by Crippen LogP contribution is 2.29. The van der Waals surface area contributed by atoms with Gasteiger partial charge in [0.15, 0.2) is 0 Å². The van der Waals surface area contributed by atoms with Gasteiger partial charge in [-0.2, -0.15) is 0 Å². The summed E-state index contributed by atoms with van der Waals surface area (Å²) in [7, 11) is 0. The molecule has 0 radical (unpaired) electrons. The molecule has 1 fully saturated rings. The third-order valence-corrected chi connectivity index (χ3v) is 6.99. The lowest BCUT2D eigenvalue weighted by atomic mass is 10.0. The smallest absolute Gasteiger partial charge is 0.259 e. The number of rotatable bonds is 8. The summed E-state index contributed by atoms with van der Waals surface area (Å²) in [5.41, 5.74) is 1.07. The number of aromatic nitrogens is 2. The van der Waals surface area contributed by atoms with Crippen molar-refractivity contribution in [3.05, 3.63) is 106 Å². The van der Waals surface area contributed by atoms with Gasteiger partial charge in [-0.1, -0.05) is 29.8 Å². The first-order valence-electron chi connectivity index (χ1n) is 13.1.